The number of sulfonamides is 1. The summed E-state index contributed by atoms with van der Waals surface area (Å²) < 4.78 is 26.7. The first-order valence-electron chi connectivity index (χ1n) is 5.78. The van der Waals surface area contributed by atoms with E-state index in [0.717, 1.165) is 11.6 Å². The Labute approximate surface area is 120 Å². The molecule has 1 aromatic heterocycles. The van der Waals surface area contributed by atoms with E-state index in [1.54, 1.807) is 19.2 Å². The van der Waals surface area contributed by atoms with Crippen LogP contribution in [0.5, 0.6) is 0 Å². The molecule has 0 radical (unpaired) electrons. The van der Waals surface area contributed by atoms with Crippen LogP contribution in [0.2, 0.25) is 0 Å². The van der Waals surface area contributed by atoms with Crippen molar-refractivity contribution in [3.63, 3.8) is 0 Å². The molecule has 21 heavy (non-hydrogen) atoms. The Morgan fingerprint density at radius 1 is 1.29 bits per heavy atom. The van der Waals surface area contributed by atoms with E-state index in [1.165, 1.54) is 18.3 Å². The highest BCUT2D eigenvalue weighted by molar-refractivity contribution is 7.92. The smallest absolute Gasteiger partial charge is 0.293 e. The molecule has 0 atom stereocenters. The van der Waals surface area contributed by atoms with Gasteiger partial charge in [0.25, 0.3) is 15.7 Å². The first kappa shape index (κ1) is 14.7. The van der Waals surface area contributed by atoms with Crippen molar-refractivity contribution in [2.45, 2.75) is 11.8 Å². The largest absolute Gasteiger partial charge is 0.393 e. The second-order valence-corrected chi connectivity index (χ2v) is 6.02. The van der Waals surface area contributed by atoms with Gasteiger partial charge in [-0.15, -0.1) is 0 Å². The number of benzene rings is 1. The summed E-state index contributed by atoms with van der Waals surface area (Å²) in [5, 5.41) is 10.8. The van der Waals surface area contributed by atoms with E-state index in [9.17, 15) is 18.5 Å². The number of nitrogens with one attached hydrogen (secondary N) is 1. The van der Waals surface area contributed by atoms with Crippen molar-refractivity contribution in [2.24, 2.45) is 0 Å². The van der Waals surface area contributed by atoms with Crippen molar-refractivity contribution in [3.05, 3.63) is 52.3 Å². The summed E-state index contributed by atoms with van der Waals surface area (Å²) in [6, 6.07) is 4.90. The van der Waals surface area contributed by atoms with E-state index in [-0.39, 0.29) is 16.3 Å². The molecule has 2 aromatic rings. The average molecular weight is 308 g/mol. The normalized spacial score (nSPS) is 11.1. The van der Waals surface area contributed by atoms with E-state index in [4.69, 9.17) is 5.73 Å². The lowest BCUT2D eigenvalue weighted by atomic mass is 10.3. The van der Waals surface area contributed by atoms with Crippen LogP contribution >= 0.6 is 0 Å². The number of hydrogen-bond donors (Lipinski definition) is 2. The van der Waals surface area contributed by atoms with Crippen molar-refractivity contribution in [2.75, 3.05) is 10.5 Å². The zero-order valence-corrected chi connectivity index (χ0v) is 11.8. The molecule has 0 aliphatic carbocycles. The minimum absolute atomic E-state index is 0.101. The third-order valence-corrected chi connectivity index (χ3v) is 4.02. The highest BCUT2D eigenvalue weighted by Gasteiger charge is 2.20. The molecule has 110 valence electrons. The van der Waals surface area contributed by atoms with Gasteiger partial charge in [-0.2, -0.15) is 0 Å². The number of aryl methyl sites for hydroxylation is 1. The summed E-state index contributed by atoms with van der Waals surface area (Å²) in [5.74, 6) is 0. The Morgan fingerprint density at radius 3 is 2.62 bits per heavy atom. The number of nitrogen functional groups attached to an aromatic ring is 1. The summed E-state index contributed by atoms with van der Waals surface area (Å²) >= 11 is 0. The fraction of sp³-hybridized carbons (Fsp3) is 0.0833. The van der Waals surface area contributed by atoms with Gasteiger partial charge in [0.05, 0.1) is 21.7 Å². The standard InChI is InChI=1S/C12H12N4O4S/c1-8-4-9(7-14-6-8)15-21(19,20)10-2-3-11(13)12(5-10)16(17)18/h2-7,15H,13H2,1H3. The van der Waals surface area contributed by atoms with Gasteiger partial charge in [0.1, 0.15) is 5.69 Å². The van der Waals surface area contributed by atoms with Gasteiger partial charge in [0.2, 0.25) is 0 Å². The van der Waals surface area contributed by atoms with Gasteiger partial charge >= 0.3 is 0 Å². The molecule has 0 bridgehead atoms. The summed E-state index contributed by atoms with van der Waals surface area (Å²) in [4.78, 5) is 13.7. The number of hydrogen-bond acceptors (Lipinski definition) is 6. The average Bonchev–Trinajstić information content (AvgIpc) is 2.38. The molecule has 0 saturated carbocycles. The molecule has 8 nitrogen and oxygen atoms in total. The molecule has 9 heteroatoms. The quantitative estimate of drug-likeness (QED) is 0.502. The number of nitrogens with two attached hydrogens (primary N) is 1. The molecular weight excluding hydrogens is 296 g/mol. The van der Waals surface area contributed by atoms with Crippen LogP contribution in [-0.2, 0) is 10.0 Å². The molecule has 2 rings (SSSR count). The summed E-state index contributed by atoms with van der Waals surface area (Å²) in [6.45, 7) is 1.76. The topological polar surface area (TPSA) is 128 Å². The third kappa shape index (κ3) is 3.26. The molecular formula is C12H12N4O4S. The first-order valence-corrected chi connectivity index (χ1v) is 7.26. The van der Waals surface area contributed by atoms with Gasteiger partial charge < -0.3 is 5.73 Å². The highest BCUT2D eigenvalue weighted by Crippen LogP contribution is 2.26. The molecule has 0 saturated heterocycles. The fourth-order valence-electron chi connectivity index (χ4n) is 1.67. The Bertz CT molecular complexity index is 805. The zero-order valence-electron chi connectivity index (χ0n) is 11.0. The van der Waals surface area contributed by atoms with Crippen LogP contribution in [0.25, 0.3) is 0 Å². The van der Waals surface area contributed by atoms with E-state index < -0.39 is 20.6 Å². The van der Waals surface area contributed by atoms with Gasteiger partial charge in [-0.05, 0) is 30.7 Å². The number of nitrogens with zero attached hydrogens (tertiary/aromatic N) is 2. The van der Waals surface area contributed by atoms with Crippen LogP contribution in [0, 0.1) is 17.0 Å². The highest BCUT2D eigenvalue weighted by atomic mass is 32.2. The van der Waals surface area contributed by atoms with E-state index in [2.05, 4.69) is 9.71 Å². The van der Waals surface area contributed by atoms with Crippen LogP contribution in [0.4, 0.5) is 17.1 Å². The van der Waals surface area contributed by atoms with Crippen LogP contribution in [0.3, 0.4) is 0 Å². The first-order chi connectivity index (χ1) is 9.79. The van der Waals surface area contributed by atoms with Gasteiger partial charge in [-0.3, -0.25) is 19.8 Å². The van der Waals surface area contributed by atoms with Crippen molar-refractivity contribution in [1.29, 1.82) is 0 Å². The van der Waals surface area contributed by atoms with Gasteiger partial charge in [-0.25, -0.2) is 8.42 Å². The number of nitro groups is 1. The van der Waals surface area contributed by atoms with E-state index in [1.807, 2.05) is 0 Å². The van der Waals surface area contributed by atoms with Crippen LogP contribution < -0.4 is 10.5 Å². The van der Waals surface area contributed by atoms with Crippen LogP contribution in [-0.4, -0.2) is 18.3 Å². The third-order valence-electron chi connectivity index (χ3n) is 2.64. The molecule has 3 N–H and O–H groups in total. The Kier molecular flexibility index (Phi) is 3.76. The minimum atomic E-state index is -3.95. The lowest BCUT2D eigenvalue weighted by molar-refractivity contribution is -0.384. The van der Waals surface area contributed by atoms with Crippen LogP contribution in [0.15, 0.2) is 41.6 Å². The molecule has 0 aliphatic heterocycles. The molecule has 0 fully saturated rings. The van der Waals surface area contributed by atoms with Gasteiger partial charge in [0.15, 0.2) is 0 Å². The van der Waals surface area contributed by atoms with Gasteiger partial charge in [-0.1, -0.05) is 0 Å². The van der Waals surface area contributed by atoms with Crippen molar-refractivity contribution in [3.8, 4) is 0 Å². The Balaban J connectivity index is 2.40. The number of nitro benzene ring substituents is 1. The monoisotopic (exact) mass is 308 g/mol. The second-order valence-electron chi connectivity index (χ2n) is 4.33. The summed E-state index contributed by atoms with van der Waals surface area (Å²) in [5.41, 5.74) is 5.93. The summed E-state index contributed by atoms with van der Waals surface area (Å²) in [6.07, 6.45) is 2.92. The summed E-state index contributed by atoms with van der Waals surface area (Å²) in [7, 11) is -3.95. The maximum atomic E-state index is 12.2. The molecule has 1 aromatic carbocycles. The van der Waals surface area contributed by atoms with Crippen LogP contribution in [0.1, 0.15) is 5.56 Å². The van der Waals surface area contributed by atoms with Crippen molar-refractivity contribution in [1.82, 2.24) is 4.98 Å². The lowest BCUT2D eigenvalue weighted by Crippen LogP contribution is -2.13. The number of anilines is 2. The predicted octanol–water partition coefficient (Wildman–Crippen LogP) is 1.68. The molecule has 0 spiro atoms. The zero-order chi connectivity index (χ0) is 15.6. The fourth-order valence-corrected chi connectivity index (χ4v) is 2.73. The SMILES string of the molecule is Cc1cncc(NS(=O)(=O)c2ccc(N)c([N+](=O)[O-])c2)c1. The van der Waals surface area contributed by atoms with Crippen molar-refractivity contribution >= 4 is 27.1 Å². The predicted molar refractivity (Wildman–Crippen MR) is 77.3 cm³/mol. The number of aromatic nitrogens is 1. The number of pyridine rings is 1. The van der Waals surface area contributed by atoms with Crippen molar-refractivity contribution < 1.29 is 13.3 Å². The lowest BCUT2D eigenvalue weighted by Gasteiger charge is -2.08. The maximum Gasteiger partial charge on any atom is 0.293 e. The maximum absolute atomic E-state index is 12.2. The molecule has 1 heterocycles. The molecule has 0 aliphatic rings. The minimum Gasteiger partial charge on any atom is -0.393 e. The molecule has 0 amide bonds. The van der Waals surface area contributed by atoms with E-state index in [0.29, 0.717) is 0 Å². The van der Waals surface area contributed by atoms with E-state index >= 15 is 0 Å². The van der Waals surface area contributed by atoms with Gasteiger partial charge in [0, 0.05) is 12.3 Å². The second kappa shape index (κ2) is 5.37. The molecule has 0 unspecified atom stereocenters. The Hall–Kier alpha value is -2.68. The number of rotatable bonds is 4. The Morgan fingerprint density at radius 2 is 2.00 bits per heavy atom.